The summed E-state index contributed by atoms with van der Waals surface area (Å²) in [6.45, 7) is 2.77. The first kappa shape index (κ1) is 9.86. The van der Waals surface area contributed by atoms with Crippen LogP contribution in [0, 0.1) is 6.92 Å². The van der Waals surface area contributed by atoms with Crippen molar-refractivity contribution < 1.29 is 5.11 Å². The summed E-state index contributed by atoms with van der Waals surface area (Å²) >= 11 is 0. The van der Waals surface area contributed by atoms with Crippen LogP contribution in [0.2, 0.25) is 0 Å². The van der Waals surface area contributed by atoms with E-state index in [-0.39, 0.29) is 6.61 Å². The summed E-state index contributed by atoms with van der Waals surface area (Å²) in [5, 5.41) is 9.08. The molecule has 0 spiro atoms. The van der Waals surface area contributed by atoms with Crippen LogP contribution in [-0.4, -0.2) is 19.6 Å². The van der Waals surface area contributed by atoms with Gasteiger partial charge in [-0.3, -0.25) is 4.98 Å². The highest BCUT2D eigenvalue weighted by Gasteiger charge is 2.03. The number of aryl methyl sites for hydroxylation is 1. The number of aliphatic hydroxyl groups is 1. The standard InChI is InChI=1S/C11H13N3O/c1-9-4-12-3-2-10(9)6-14-8-13-5-11(14)7-15/h2-5,8,15H,6-7H2,1H3. The Kier molecular flexibility index (Phi) is 2.78. The summed E-state index contributed by atoms with van der Waals surface area (Å²) in [6.07, 6.45) is 7.02. The third-order valence-corrected chi connectivity index (χ3v) is 2.44. The highest BCUT2D eigenvalue weighted by atomic mass is 16.3. The van der Waals surface area contributed by atoms with E-state index in [0.29, 0.717) is 0 Å². The SMILES string of the molecule is Cc1cnccc1Cn1cncc1CO. The van der Waals surface area contributed by atoms with Gasteiger partial charge in [0, 0.05) is 18.9 Å². The number of hydrogen-bond donors (Lipinski definition) is 1. The van der Waals surface area contributed by atoms with Gasteiger partial charge in [-0.15, -0.1) is 0 Å². The minimum atomic E-state index is 0.0180. The zero-order chi connectivity index (χ0) is 10.7. The van der Waals surface area contributed by atoms with Crippen LogP contribution in [0.3, 0.4) is 0 Å². The number of hydrogen-bond acceptors (Lipinski definition) is 3. The Morgan fingerprint density at radius 3 is 2.93 bits per heavy atom. The number of aromatic nitrogens is 3. The zero-order valence-electron chi connectivity index (χ0n) is 8.59. The second kappa shape index (κ2) is 4.23. The van der Waals surface area contributed by atoms with Gasteiger partial charge in [0.1, 0.15) is 0 Å². The maximum Gasteiger partial charge on any atom is 0.0952 e. The van der Waals surface area contributed by atoms with Crippen molar-refractivity contribution in [2.24, 2.45) is 0 Å². The lowest BCUT2D eigenvalue weighted by Gasteiger charge is -2.08. The number of imidazole rings is 1. The van der Waals surface area contributed by atoms with Crippen LogP contribution in [-0.2, 0) is 13.2 Å². The lowest BCUT2D eigenvalue weighted by Crippen LogP contribution is -2.04. The van der Waals surface area contributed by atoms with Gasteiger partial charge in [0.05, 0.1) is 24.8 Å². The van der Waals surface area contributed by atoms with E-state index in [2.05, 4.69) is 9.97 Å². The van der Waals surface area contributed by atoms with E-state index < -0.39 is 0 Å². The van der Waals surface area contributed by atoms with Crippen LogP contribution < -0.4 is 0 Å². The molecule has 0 unspecified atom stereocenters. The van der Waals surface area contributed by atoms with Crippen LogP contribution in [0.25, 0.3) is 0 Å². The Hall–Kier alpha value is -1.68. The monoisotopic (exact) mass is 203 g/mol. The van der Waals surface area contributed by atoms with Gasteiger partial charge < -0.3 is 9.67 Å². The molecule has 15 heavy (non-hydrogen) atoms. The molecule has 0 amide bonds. The molecular weight excluding hydrogens is 190 g/mol. The molecule has 0 aliphatic heterocycles. The van der Waals surface area contributed by atoms with Gasteiger partial charge in [-0.1, -0.05) is 0 Å². The molecule has 0 aliphatic rings. The largest absolute Gasteiger partial charge is 0.390 e. The Labute approximate surface area is 88.2 Å². The summed E-state index contributed by atoms with van der Waals surface area (Å²) in [6, 6.07) is 1.98. The van der Waals surface area contributed by atoms with Gasteiger partial charge in [-0.2, -0.15) is 0 Å². The average Bonchev–Trinajstić information content (AvgIpc) is 2.69. The molecule has 78 valence electrons. The predicted octanol–water partition coefficient (Wildman–Crippen LogP) is 1.13. The molecule has 2 heterocycles. The molecule has 0 aromatic carbocycles. The maximum absolute atomic E-state index is 9.08. The first-order chi connectivity index (χ1) is 7.31. The Morgan fingerprint density at radius 1 is 1.33 bits per heavy atom. The molecule has 0 saturated heterocycles. The Balaban J connectivity index is 2.26. The fourth-order valence-electron chi connectivity index (χ4n) is 1.49. The molecule has 2 aromatic rings. The predicted molar refractivity (Wildman–Crippen MR) is 56.2 cm³/mol. The molecule has 0 radical (unpaired) electrons. The summed E-state index contributed by atoms with van der Waals surface area (Å²) in [5.41, 5.74) is 3.17. The van der Waals surface area contributed by atoms with Gasteiger partial charge >= 0.3 is 0 Å². The first-order valence-corrected chi connectivity index (χ1v) is 4.80. The fourth-order valence-corrected chi connectivity index (χ4v) is 1.49. The van der Waals surface area contributed by atoms with Gasteiger partial charge in [0.2, 0.25) is 0 Å². The molecule has 2 aromatic heterocycles. The number of aliphatic hydroxyl groups excluding tert-OH is 1. The van der Waals surface area contributed by atoms with Crippen LogP contribution >= 0.6 is 0 Å². The van der Waals surface area contributed by atoms with Gasteiger partial charge in [0.25, 0.3) is 0 Å². The van der Waals surface area contributed by atoms with Crippen LogP contribution in [0.5, 0.6) is 0 Å². The molecule has 0 fully saturated rings. The summed E-state index contributed by atoms with van der Waals surface area (Å²) in [7, 11) is 0. The molecule has 1 N–H and O–H groups in total. The average molecular weight is 203 g/mol. The van der Waals surface area contributed by atoms with Crippen molar-refractivity contribution >= 4 is 0 Å². The Bertz CT molecular complexity index is 451. The van der Waals surface area contributed by atoms with Crippen molar-refractivity contribution in [3.8, 4) is 0 Å². The molecule has 4 heteroatoms. The van der Waals surface area contributed by atoms with Gasteiger partial charge in [-0.25, -0.2) is 4.98 Å². The van der Waals surface area contributed by atoms with Crippen molar-refractivity contribution in [1.82, 2.24) is 14.5 Å². The van der Waals surface area contributed by atoms with E-state index in [1.54, 1.807) is 18.7 Å². The number of nitrogens with zero attached hydrogens (tertiary/aromatic N) is 3. The molecule has 0 saturated carbocycles. The second-order valence-electron chi connectivity index (χ2n) is 3.47. The quantitative estimate of drug-likeness (QED) is 0.813. The van der Waals surface area contributed by atoms with Crippen molar-refractivity contribution in [3.05, 3.63) is 47.8 Å². The normalized spacial score (nSPS) is 10.5. The van der Waals surface area contributed by atoms with Crippen LogP contribution in [0.4, 0.5) is 0 Å². The smallest absolute Gasteiger partial charge is 0.0952 e. The van der Waals surface area contributed by atoms with Crippen molar-refractivity contribution in [3.63, 3.8) is 0 Å². The summed E-state index contributed by atoms with van der Waals surface area (Å²) < 4.78 is 1.93. The van der Waals surface area contributed by atoms with Crippen molar-refractivity contribution in [2.45, 2.75) is 20.1 Å². The van der Waals surface area contributed by atoms with Gasteiger partial charge in [-0.05, 0) is 24.1 Å². The lowest BCUT2D eigenvalue weighted by molar-refractivity contribution is 0.271. The van der Waals surface area contributed by atoms with E-state index in [9.17, 15) is 0 Å². The van der Waals surface area contributed by atoms with Crippen LogP contribution in [0.1, 0.15) is 16.8 Å². The van der Waals surface area contributed by atoms with E-state index >= 15 is 0 Å². The van der Waals surface area contributed by atoms with E-state index in [0.717, 1.165) is 17.8 Å². The topological polar surface area (TPSA) is 50.9 Å². The minimum Gasteiger partial charge on any atom is -0.390 e. The van der Waals surface area contributed by atoms with Crippen LogP contribution in [0.15, 0.2) is 31.0 Å². The van der Waals surface area contributed by atoms with Crippen molar-refractivity contribution in [2.75, 3.05) is 0 Å². The maximum atomic E-state index is 9.08. The van der Waals surface area contributed by atoms with E-state index in [4.69, 9.17) is 5.11 Å². The Morgan fingerprint density at radius 2 is 2.20 bits per heavy atom. The summed E-state index contributed by atoms with van der Waals surface area (Å²) in [4.78, 5) is 8.05. The molecule has 0 atom stereocenters. The number of rotatable bonds is 3. The first-order valence-electron chi connectivity index (χ1n) is 4.80. The molecule has 2 rings (SSSR count). The molecule has 0 aliphatic carbocycles. The zero-order valence-corrected chi connectivity index (χ0v) is 8.59. The van der Waals surface area contributed by atoms with E-state index in [1.165, 1.54) is 5.56 Å². The highest BCUT2D eigenvalue weighted by molar-refractivity contribution is 5.22. The minimum absolute atomic E-state index is 0.0180. The third-order valence-electron chi connectivity index (χ3n) is 2.44. The van der Waals surface area contributed by atoms with Gasteiger partial charge in [0.15, 0.2) is 0 Å². The fraction of sp³-hybridized carbons (Fsp3) is 0.273. The number of pyridine rings is 1. The van der Waals surface area contributed by atoms with E-state index in [1.807, 2.05) is 23.8 Å². The molecular formula is C11H13N3O. The molecule has 4 nitrogen and oxygen atoms in total. The second-order valence-corrected chi connectivity index (χ2v) is 3.47. The highest BCUT2D eigenvalue weighted by Crippen LogP contribution is 2.09. The van der Waals surface area contributed by atoms with Crippen molar-refractivity contribution in [1.29, 1.82) is 0 Å². The third kappa shape index (κ3) is 2.05. The molecule has 0 bridgehead atoms. The lowest BCUT2D eigenvalue weighted by atomic mass is 10.1. The summed E-state index contributed by atoms with van der Waals surface area (Å²) in [5.74, 6) is 0.